The van der Waals surface area contributed by atoms with Crippen LogP contribution in [0.25, 0.3) is 21.8 Å². The molecule has 1 aliphatic heterocycles. The molecule has 4 rings (SSSR count). The minimum Gasteiger partial charge on any atom is -0.496 e. The molecule has 0 saturated heterocycles. The van der Waals surface area contributed by atoms with Gasteiger partial charge in [0.1, 0.15) is 22.4 Å². The summed E-state index contributed by atoms with van der Waals surface area (Å²) in [5.74, 6) is -1.09. The van der Waals surface area contributed by atoms with E-state index in [4.69, 9.17) is 23.9 Å². The molecule has 2 aromatic carbocycles. The van der Waals surface area contributed by atoms with Crippen LogP contribution in [0.5, 0.6) is 11.5 Å². The van der Waals surface area contributed by atoms with Gasteiger partial charge in [-0.15, -0.1) is 11.3 Å². The van der Waals surface area contributed by atoms with Gasteiger partial charge in [0.25, 0.3) is 0 Å². The first kappa shape index (κ1) is 27.5. The lowest BCUT2D eigenvalue weighted by molar-refractivity contribution is -0.143. The SMILES string of the molecule is COC(=O)C1=C(C)N=C(C)C(C(=O)OC)C1c1cccc(-c2nc(-c3cc(Br)c(OC)cc3OC)cs2)c1. The van der Waals surface area contributed by atoms with Crippen LogP contribution in [-0.4, -0.2) is 51.1 Å². The number of allylic oxidation sites excluding steroid dienone is 1. The molecule has 0 radical (unpaired) electrons. The molecular formula is C28H27BrN2O6S. The summed E-state index contributed by atoms with van der Waals surface area (Å²) in [6.45, 7) is 3.51. The van der Waals surface area contributed by atoms with Gasteiger partial charge < -0.3 is 18.9 Å². The summed E-state index contributed by atoms with van der Waals surface area (Å²) in [5.41, 5.74) is 4.58. The Morgan fingerprint density at radius 1 is 0.974 bits per heavy atom. The zero-order valence-corrected chi connectivity index (χ0v) is 24.2. The van der Waals surface area contributed by atoms with Gasteiger partial charge in [-0.05, 0) is 47.5 Å². The highest BCUT2D eigenvalue weighted by molar-refractivity contribution is 9.10. The van der Waals surface area contributed by atoms with E-state index in [-0.39, 0.29) is 0 Å². The van der Waals surface area contributed by atoms with E-state index >= 15 is 0 Å². The first-order chi connectivity index (χ1) is 18.2. The Kier molecular flexibility index (Phi) is 8.32. The Morgan fingerprint density at radius 3 is 2.37 bits per heavy atom. The maximum Gasteiger partial charge on any atom is 0.336 e. The number of methoxy groups -OCH3 is 4. The lowest BCUT2D eigenvalue weighted by Gasteiger charge is -2.31. The van der Waals surface area contributed by atoms with Gasteiger partial charge in [-0.1, -0.05) is 18.2 Å². The van der Waals surface area contributed by atoms with Gasteiger partial charge in [-0.3, -0.25) is 9.79 Å². The highest BCUT2D eigenvalue weighted by atomic mass is 79.9. The summed E-state index contributed by atoms with van der Waals surface area (Å²) >= 11 is 5.01. The molecule has 0 aliphatic carbocycles. The molecule has 0 bridgehead atoms. The Morgan fingerprint density at radius 2 is 1.71 bits per heavy atom. The molecule has 38 heavy (non-hydrogen) atoms. The van der Waals surface area contributed by atoms with Crippen LogP contribution in [0.2, 0.25) is 0 Å². The fourth-order valence-electron chi connectivity index (χ4n) is 4.66. The van der Waals surface area contributed by atoms with Gasteiger partial charge in [-0.2, -0.15) is 0 Å². The van der Waals surface area contributed by atoms with Crippen molar-refractivity contribution in [1.29, 1.82) is 0 Å². The normalized spacial score (nSPS) is 17.1. The Labute approximate surface area is 233 Å². The largest absolute Gasteiger partial charge is 0.496 e. The molecule has 1 aromatic heterocycles. The average Bonchev–Trinajstić information content (AvgIpc) is 3.42. The minimum absolute atomic E-state index is 0.332. The van der Waals surface area contributed by atoms with Crippen molar-refractivity contribution in [3.8, 4) is 33.3 Å². The maximum absolute atomic E-state index is 12.9. The van der Waals surface area contributed by atoms with Gasteiger partial charge in [0.05, 0.1) is 44.2 Å². The molecule has 2 heterocycles. The topological polar surface area (TPSA) is 96.3 Å². The van der Waals surface area contributed by atoms with Gasteiger partial charge in [0.15, 0.2) is 0 Å². The standard InChI is InChI=1S/C28H27BrN2O6S/c1-14-23(27(32)36-5)25(24(15(2)30-14)28(33)37-6)16-8-7-9-17(10-16)26-31-20(13-38-26)18-11-19(29)22(35-4)12-21(18)34-3/h7-13,23,25H,1-6H3. The predicted octanol–water partition coefficient (Wildman–Crippen LogP) is 6.05. The van der Waals surface area contributed by atoms with E-state index < -0.39 is 23.8 Å². The monoisotopic (exact) mass is 598 g/mol. The average molecular weight is 600 g/mol. The van der Waals surface area contributed by atoms with Crippen LogP contribution in [0.1, 0.15) is 25.3 Å². The van der Waals surface area contributed by atoms with Crippen molar-refractivity contribution in [3.63, 3.8) is 0 Å². The van der Waals surface area contributed by atoms with E-state index in [1.165, 1.54) is 25.6 Å². The Balaban J connectivity index is 1.79. The first-order valence-electron chi connectivity index (χ1n) is 11.6. The third-order valence-corrected chi connectivity index (χ3v) is 7.95. The summed E-state index contributed by atoms with van der Waals surface area (Å²) < 4.78 is 21.9. The number of benzene rings is 2. The van der Waals surface area contributed by atoms with Crippen LogP contribution in [0.4, 0.5) is 0 Å². The number of halogens is 1. The van der Waals surface area contributed by atoms with E-state index in [0.717, 1.165) is 31.9 Å². The second-order valence-corrected chi connectivity index (χ2v) is 10.3. The van der Waals surface area contributed by atoms with Crippen LogP contribution in [0, 0.1) is 5.92 Å². The third-order valence-electron chi connectivity index (χ3n) is 6.44. The second-order valence-electron chi connectivity index (χ2n) is 8.57. The second kappa shape index (κ2) is 11.5. The Bertz CT molecular complexity index is 1460. The van der Waals surface area contributed by atoms with E-state index in [9.17, 15) is 9.59 Å². The lowest BCUT2D eigenvalue weighted by atomic mass is 9.75. The maximum atomic E-state index is 12.9. The number of rotatable bonds is 7. The highest BCUT2D eigenvalue weighted by Crippen LogP contribution is 2.43. The van der Waals surface area contributed by atoms with E-state index in [1.54, 1.807) is 28.1 Å². The smallest absolute Gasteiger partial charge is 0.336 e. The van der Waals surface area contributed by atoms with Crippen LogP contribution >= 0.6 is 27.3 Å². The molecule has 0 amide bonds. The number of nitrogens with zero attached hydrogens (tertiary/aromatic N) is 2. The van der Waals surface area contributed by atoms with Crippen molar-refractivity contribution >= 4 is 44.9 Å². The summed E-state index contributed by atoms with van der Waals surface area (Å²) in [6.07, 6.45) is 0. The van der Waals surface area contributed by atoms with Crippen molar-refractivity contribution < 1.29 is 28.5 Å². The molecule has 198 valence electrons. The molecule has 0 spiro atoms. The number of hydrogen-bond donors (Lipinski definition) is 0. The molecular weight excluding hydrogens is 572 g/mol. The van der Waals surface area contributed by atoms with Crippen LogP contribution in [0.15, 0.2) is 62.5 Å². The van der Waals surface area contributed by atoms with E-state index in [1.807, 2.05) is 41.8 Å². The molecule has 1 aliphatic rings. The van der Waals surface area contributed by atoms with Crippen LogP contribution in [0.3, 0.4) is 0 Å². The molecule has 2 unspecified atom stereocenters. The molecule has 2 atom stereocenters. The Hall–Kier alpha value is -3.50. The zero-order chi connectivity index (χ0) is 27.6. The van der Waals surface area contributed by atoms with Crippen molar-refractivity contribution in [3.05, 3.63) is 63.1 Å². The summed E-state index contributed by atoms with van der Waals surface area (Å²) in [5, 5.41) is 2.73. The molecule has 3 aromatic rings. The number of carbonyl (C=O) groups excluding carboxylic acids is 2. The molecule has 0 N–H and O–H groups in total. The third kappa shape index (κ3) is 5.10. The molecule has 10 heteroatoms. The van der Waals surface area contributed by atoms with Gasteiger partial charge in [0, 0.05) is 39.9 Å². The van der Waals surface area contributed by atoms with Crippen LogP contribution < -0.4 is 9.47 Å². The van der Waals surface area contributed by atoms with Gasteiger partial charge in [-0.25, -0.2) is 9.78 Å². The van der Waals surface area contributed by atoms with Crippen molar-refractivity contribution in [2.75, 3.05) is 28.4 Å². The number of ether oxygens (including phenoxy) is 4. The number of carbonyl (C=O) groups is 2. The fraction of sp³-hybridized carbons (Fsp3) is 0.286. The first-order valence-corrected chi connectivity index (χ1v) is 13.3. The van der Waals surface area contributed by atoms with Crippen molar-refractivity contribution in [1.82, 2.24) is 4.98 Å². The number of aliphatic imine (C=N–C) groups is 1. The lowest BCUT2D eigenvalue weighted by Crippen LogP contribution is -2.36. The number of thiazole rings is 1. The predicted molar refractivity (Wildman–Crippen MR) is 150 cm³/mol. The van der Waals surface area contributed by atoms with E-state index in [0.29, 0.717) is 28.5 Å². The van der Waals surface area contributed by atoms with Gasteiger partial charge >= 0.3 is 11.9 Å². The minimum atomic E-state index is -0.763. The van der Waals surface area contributed by atoms with Crippen LogP contribution in [-0.2, 0) is 19.1 Å². The van der Waals surface area contributed by atoms with Crippen molar-refractivity contribution in [2.24, 2.45) is 10.9 Å². The fourth-order valence-corrected chi connectivity index (χ4v) is 5.98. The quantitative estimate of drug-likeness (QED) is 0.305. The van der Waals surface area contributed by atoms with E-state index in [2.05, 4.69) is 20.9 Å². The number of hydrogen-bond acceptors (Lipinski definition) is 9. The van der Waals surface area contributed by atoms with Gasteiger partial charge in [0.2, 0.25) is 0 Å². The molecule has 0 saturated carbocycles. The molecule has 0 fully saturated rings. The summed E-state index contributed by atoms with van der Waals surface area (Å²) in [4.78, 5) is 35.0. The highest BCUT2D eigenvalue weighted by Gasteiger charge is 2.42. The zero-order valence-electron chi connectivity index (χ0n) is 21.8. The van der Waals surface area contributed by atoms with Crippen molar-refractivity contribution in [2.45, 2.75) is 19.8 Å². The molecule has 8 nitrogen and oxygen atoms in total. The summed E-state index contributed by atoms with van der Waals surface area (Å²) in [7, 11) is 5.84. The number of esters is 2. The summed E-state index contributed by atoms with van der Waals surface area (Å²) in [6, 6.07) is 11.4. The number of aromatic nitrogens is 1.